The normalized spacial score (nSPS) is 20.5. The first-order chi connectivity index (χ1) is 8.29. The Morgan fingerprint density at radius 2 is 2.29 bits per heavy atom. The van der Waals surface area contributed by atoms with Crippen molar-refractivity contribution >= 4 is 11.6 Å². The summed E-state index contributed by atoms with van der Waals surface area (Å²) in [7, 11) is 0. The molecule has 1 saturated heterocycles. The lowest BCUT2D eigenvalue weighted by atomic mass is 10.1. The first kappa shape index (κ1) is 12.9. The van der Waals surface area contributed by atoms with E-state index >= 15 is 0 Å². The van der Waals surface area contributed by atoms with Gasteiger partial charge in [-0.1, -0.05) is 30.7 Å². The molecule has 1 atom stereocenters. The van der Waals surface area contributed by atoms with Gasteiger partial charge >= 0.3 is 0 Å². The predicted octanol–water partition coefficient (Wildman–Crippen LogP) is 3.95. The SMILES string of the molecule is CCc1ccc(COC2CCCCO2)c(Cl)c1. The van der Waals surface area contributed by atoms with Crippen molar-refractivity contribution in [1.29, 1.82) is 0 Å². The number of halogens is 1. The Morgan fingerprint density at radius 3 is 2.94 bits per heavy atom. The Hall–Kier alpha value is -0.570. The topological polar surface area (TPSA) is 18.5 Å². The fourth-order valence-electron chi connectivity index (χ4n) is 1.95. The van der Waals surface area contributed by atoms with Crippen LogP contribution in [0.25, 0.3) is 0 Å². The molecule has 0 bridgehead atoms. The smallest absolute Gasteiger partial charge is 0.158 e. The van der Waals surface area contributed by atoms with Crippen molar-refractivity contribution < 1.29 is 9.47 Å². The van der Waals surface area contributed by atoms with Crippen LogP contribution in [0.1, 0.15) is 37.3 Å². The lowest BCUT2D eigenvalue weighted by Crippen LogP contribution is -2.22. The zero-order valence-corrected chi connectivity index (χ0v) is 11.0. The summed E-state index contributed by atoms with van der Waals surface area (Å²) >= 11 is 6.21. The molecule has 94 valence electrons. The lowest BCUT2D eigenvalue weighted by Gasteiger charge is -2.22. The molecule has 0 saturated carbocycles. The maximum atomic E-state index is 6.21. The quantitative estimate of drug-likeness (QED) is 0.810. The number of hydrogen-bond acceptors (Lipinski definition) is 2. The molecule has 1 aromatic rings. The minimum Gasteiger partial charge on any atom is -0.353 e. The van der Waals surface area contributed by atoms with Gasteiger partial charge in [0.15, 0.2) is 6.29 Å². The van der Waals surface area contributed by atoms with Gasteiger partial charge in [-0.05, 0) is 42.9 Å². The summed E-state index contributed by atoms with van der Waals surface area (Å²) < 4.78 is 11.2. The second-order valence-electron chi connectivity index (χ2n) is 4.39. The van der Waals surface area contributed by atoms with E-state index in [4.69, 9.17) is 21.1 Å². The van der Waals surface area contributed by atoms with E-state index in [1.165, 1.54) is 12.0 Å². The van der Waals surface area contributed by atoms with Crippen LogP contribution < -0.4 is 0 Å². The molecule has 0 spiro atoms. The van der Waals surface area contributed by atoms with Crippen molar-refractivity contribution in [3.63, 3.8) is 0 Å². The monoisotopic (exact) mass is 254 g/mol. The van der Waals surface area contributed by atoms with Crippen LogP contribution in [0.4, 0.5) is 0 Å². The second-order valence-corrected chi connectivity index (χ2v) is 4.79. The van der Waals surface area contributed by atoms with Crippen LogP contribution in [0.2, 0.25) is 5.02 Å². The zero-order valence-electron chi connectivity index (χ0n) is 10.2. The average molecular weight is 255 g/mol. The molecule has 2 nitrogen and oxygen atoms in total. The summed E-state index contributed by atoms with van der Waals surface area (Å²) in [5.74, 6) is 0. The van der Waals surface area contributed by atoms with Gasteiger partial charge in [0, 0.05) is 11.6 Å². The molecule has 17 heavy (non-hydrogen) atoms. The van der Waals surface area contributed by atoms with Crippen LogP contribution >= 0.6 is 11.6 Å². The summed E-state index contributed by atoms with van der Waals surface area (Å²) in [4.78, 5) is 0. The van der Waals surface area contributed by atoms with Gasteiger partial charge < -0.3 is 9.47 Å². The van der Waals surface area contributed by atoms with Crippen molar-refractivity contribution in [3.8, 4) is 0 Å². The highest BCUT2D eigenvalue weighted by molar-refractivity contribution is 6.31. The first-order valence-electron chi connectivity index (χ1n) is 6.30. The van der Waals surface area contributed by atoms with E-state index in [0.29, 0.717) is 6.61 Å². The van der Waals surface area contributed by atoms with E-state index in [0.717, 1.165) is 36.5 Å². The summed E-state index contributed by atoms with van der Waals surface area (Å²) in [6.07, 6.45) is 4.28. The second kappa shape index (κ2) is 6.39. The Labute approximate surface area is 108 Å². The number of ether oxygens (including phenoxy) is 2. The van der Waals surface area contributed by atoms with Gasteiger partial charge in [-0.25, -0.2) is 0 Å². The van der Waals surface area contributed by atoms with Crippen molar-refractivity contribution in [3.05, 3.63) is 34.3 Å². The molecule has 0 N–H and O–H groups in total. The Kier molecular flexibility index (Phi) is 4.84. The first-order valence-corrected chi connectivity index (χ1v) is 6.68. The standard InChI is InChI=1S/C14H19ClO2/c1-2-11-6-7-12(13(15)9-11)10-17-14-5-3-4-8-16-14/h6-7,9,14H,2-5,8,10H2,1H3. The molecule has 1 aliphatic rings. The molecule has 1 aliphatic heterocycles. The van der Waals surface area contributed by atoms with Crippen LogP contribution in [0, 0.1) is 0 Å². The average Bonchev–Trinajstić information content (AvgIpc) is 2.38. The van der Waals surface area contributed by atoms with E-state index in [9.17, 15) is 0 Å². The van der Waals surface area contributed by atoms with Crippen molar-refractivity contribution in [2.75, 3.05) is 6.61 Å². The van der Waals surface area contributed by atoms with Gasteiger partial charge in [0.05, 0.1) is 6.61 Å². The van der Waals surface area contributed by atoms with Gasteiger partial charge in [-0.2, -0.15) is 0 Å². The third-order valence-corrected chi connectivity index (χ3v) is 3.44. The van der Waals surface area contributed by atoms with Crippen LogP contribution in [-0.2, 0) is 22.5 Å². The minimum atomic E-state index is -0.0503. The minimum absolute atomic E-state index is 0.0503. The van der Waals surface area contributed by atoms with Crippen LogP contribution in [0.3, 0.4) is 0 Å². The van der Waals surface area contributed by atoms with E-state index < -0.39 is 0 Å². The highest BCUT2D eigenvalue weighted by atomic mass is 35.5. The van der Waals surface area contributed by atoms with Crippen LogP contribution in [0.5, 0.6) is 0 Å². The molecule has 1 unspecified atom stereocenters. The fraction of sp³-hybridized carbons (Fsp3) is 0.571. The number of aryl methyl sites for hydroxylation is 1. The van der Waals surface area contributed by atoms with Gasteiger partial charge in [0.1, 0.15) is 0 Å². The predicted molar refractivity (Wildman–Crippen MR) is 69.2 cm³/mol. The number of benzene rings is 1. The molecule has 0 radical (unpaired) electrons. The van der Waals surface area contributed by atoms with Crippen molar-refractivity contribution in [2.45, 2.75) is 45.5 Å². The zero-order chi connectivity index (χ0) is 12.1. The van der Waals surface area contributed by atoms with E-state index in [-0.39, 0.29) is 6.29 Å². The molecule has 0 aromatic heterocycles. The lowest BCUT2D eigenvalue weighted by molar-refractivity contribution is -0.168. The molecular weight excluding hydrogens is 236 g/mol. The number of hydrogen-bond donors (Lipinski definition) is 0. The molecule has 0 amide bonds. The van der Waals surface area contributed by atoms with Gasteiger partial charge in [-0.3, -0.25) is 0 Å². The third-order valence-electron chi connectivity index (χ3n) is 3.09. The maximum absolute atomic E-state index is 6.21. The fourth-order valence-corrected chi connectivity index (χ4v) is 2.21. The van der Waals surface area contributed by atoms with Crippen molar-refractivity contribution in [2.24, 2.45) is 0 Å². The number of rotatable bonds is 4. The largest absolute Gasteiger partial charge is 0.353 e. The summed E-state index contributed by atoms with van der Waals surface area (Å²) in [5, 5.41) is 0.792. The highest BCUT2D eigenvalue weighted by Crippen LogP contribution is 2.21. The molecule has 1 heterocycles. The Balaban J connectivity index is 1.89. The Bertz CT molecular complexity index is 359. The molecule has 1 aromatic carbocycles. The summed E-state index contributed by atoms with van der Waals surface area (Å²) in [5.41, 5.74) is 2.30. The third kappa shape index (κ3) is 3.70. The van der Waals surface area contributed by atoms with E-state index in [2.05, 4.69) is 13.0 Å². The summed E-state index contributed by atoms with van der Waals surface area (Å²) in [6, 6.07) is 6.16. The summed E-state index contributed by atoms with van der Waals surface area (Å²) in [6.45, 7) is 3.47. The molecule has 3 heteroatoms. The molecule has 0 aliphatic carbocycles. The maximum Gasteiger partial charge on any atom is 0.158 e. The molecule has 1 fully saturated rings. The van der Waals surface area contributed by atoms with Crippen molar-refractivity contribution in [1.82, 2.24) is 0 Å². The van der Waals surface area contributed by atoms with Gasteiger partial charge in [-0.15, -0.1) is 0 Å². The molecular formula is C14H19ClO2. The van der Waals surface area contributed by atoms with Crippen LogP contribution in [0.15, 0.2) is 18.2 Å². The van der Waals surface area contributed by atoms with E-state index in [1.54, 1.807) is 0 Å². The van der Waals surface area contributed by atoms with E-state index in [1.807, 2.05) is 12.1 Å². The van der Waals surface area contributed by atoms with Gasteiger partial charge in [0.2, 0.25) is 0 Å². The van der Waals surface area contributed by atoms with Gasteiger partial charge in [0.25, 0.3) is 0 Å². The Morgan fingerprint density at radius 1 is 1.41 bits per heavy atom. The van der Waals surface area contributed by atoms with Crippen LogP contribution in [-0.4, -0.2) is 12.9 Å². The molecule has 2 rings (SSSR count). The highest BCUT2D eigenvalue weighted by Gasteiger charge is 2.14.